The lowest BCUT2D eigenvalue weighted by atomic mass is 9.84. The first-order valence-electron chi connectivity index (χ1n) is 7.61. The number of amides is 1. The summed E-state index contributed by atoms with van der Waals surface area (Å²) in [4.78, 5) is 20.8. The van der Waals surface area contributed by atoms with Crippen molar-refractivity contribution in [1.29, 1.82) is 0 Å². The van der Waals surface area contributed by atoms with Crippen molar-refractivity contribution < 1.29 is 4.79 Å². The molecule has 1 saturated carbocycles. The van der Waals surface area contributed by atoms with Crippen molar-refractivity contribution in [2.24, 2.45) is 11.7 Å². The van der Waals surface area contributed by atoms with Crippen LogP contribution in [0.5, 0.6) is 0 Å². The molecule has 0 bridgehead atoms. The first kappa shape index (κ1) is 14.6. The number of nitrogens with zero attached hydrogens (tertiary/aromatic N) is 4. The average Bonchev–Trinajstić information content (AvgIpc) is 3.10. The highest BCUT2D eigenvalue weighted by Gasteiger charge is 2.26. The van der Waals surface area contributed by atoms with E-state index in [0.717, 1.165) is 19.3 Å². The molecular formula is C15H20N6O. The second-order valence-corrected chi connectivity index (χ2v) is 5.57. The van der Waals surface area contributed by atoms with Gasteiger partial charge in [0.05, 0.1) is 12.4 Å². The van der Waals surface area contributed by atoms with Crippen LogP contribution in [0.2, 0.25) is 0 Å². The maximum Gasteiger partial charge on any atom is 0.271 e. The highest BCUT2D eigenvalue weighted by Crippen LogP contribution is 2.23. The molecule has 7 heteroatoms. The molecule has 3 N–H and O–H groups in total. The van der Waals surface area contributed by atoms with E-state index in [1.54, 1.807) is 29.3 Å². The number of hydrogen-bond acceptors (Lipinski definition) is 5. The molecule has 0 aliphatic heterocycles. The fourth-order valence-corrected chi connectivity index (χ4v) is 2.90. The zero-order valence-electron chi connectivity index (χ0n) is 12.4. The van der Waals surface area contributed by atoms with E-state index < -0.39 is 0 Å². The van der Waals surface area contributed by atoms with Gasteiger partial charge in [-0.15, -0.1) is 0 Å². The molecule has 2 heterocycles. The Labute approximate surface area is 129 Å². The third-order valence-corrected chi connectivity index (χ3v) is 4.12. The molecule has 2 atom stereocenters. The molecule has 7 nitrogen and oxygen atoms in total. The Kier molecular flexibility index (Phi) is 4.43. The summed E-state index contributed by atoms with van der Waals surface area (Å²) in [6.07, 6.45) is 10.8. The molecule has 0 radical (unpaired) electrons. The Morgan fingerprint density at radius 2 is 2.23 bits per heavy atom. The van der Waals surface area contributed by atoms with Crippen molar-refractivity contribution >= 4 is 5.91 Å². The Bertz CT molecular complexity index is 627. The van der Waals surface area contributed by atoms with Crippen LogP contribution in [-0.4, -0.2) is 38.2 Å². The summed E-state index contributed by atoms with van der Waals surface area (Å²) in [5.41, 5.74) is 6.11. The van der Waals surface area contributed by atoms with Crippen LogP contribution >= 0.6 is 0 Å². The number of carbonyl (C=O) groups excluding carboxylic acids is 1. The first-order valence-corrected chi connectivity index (χ1v) is 7.61. The maximum atomic E-state index is 12.4. The summed E-state index contributed by atoms with van der Waals surface area (Å²) in [7, 11) is 0. The van der Waals surface area contributed by atoms with Crippen molar-refractivity contribution in [2.75, 3.05) is 6.54 Å². The molecule has 116 valence electrons. The molecule has 2 unspecified atom stereocenters. The molecule has 1 fully saturated rings. The van der Waals surface area contributed by atoms with Gasteiger partial charge in [0.1, 0.15) is 5.69 Å². The monoisotopic (exact) mass is 300 g/mol. The minimum absolute atomic E-state index is 0.126. The maximum absolute atomic E-state index is 12.4. The van der Waals surface area contributed by atoms with Gasteiger partial charge >= 0.3 is 0 Å². The van der Waals surface area contributed by atoms with Gasteiger partial charge in [-0.1, -0.05) is 12.8 Å². The van der Waals surface area contributed by atoms with Crippen LogP contribution in [0.4, 0.5) is 0 Å². The topological polar surface area (TPSA) is 98.7 Å². The van der Waals surface area contributed by atoms with E-state index in [4.69, 9.17) is 5.73 Å². The van der Waals surface area contributed by atoms with E-state index >= 15 is 0 Å². The lowest BCUT2D eigenvalue weighted by Crippen LogP contribution is -2.45. The van der Waals surface area contributed by atoms with Crippen LogP contribution in [-0.2, 0) is 0 Å². The SMILES string of the molecule is NCC1CCCCC1NC(=O)c1cncc(-n2cccn2)n1. The predicted molar refractivity (Wildman–Crippen MR) is 81.4 cm³/mol. The summed E-state index contributed by atoms with van der Waals surface area (Å²) in [6, 6.07) is 1.92. The first-order chi connectivity index (χ1) is 10.8. The average molecular weight is 300 g/mol. The standard InChI is InChI=1S/C15H20N6O/c16-8-11-4-1-2-5-12(11)20-15(22)13-9-17-10-14(19-13)21-7-3-6-18-21/h3,6-7,9-12H,1-2,4-5,8,16H2,(H,20,22). The smallest absolute Gasteiger partial charge is 0.271 e. The van der Waals surface area contributed by atoms with Crippen molar-refractivity contribution in [3.63, 3.8) is 0 Å². The number of nitrogens with two attached hydrogens (primary N) is 1. The van der Waals surface area contributed by atoms with Gasteiger partial charge in [-0.25, -0.2) is 9.67 Å². The van der Waals surface area contributed by atoms with Crippen LogP contribution in [0, 0.1) is 5.92 Å². The second-order valence-electron chi connectivity index (χ2n) is 5.57. The highest BCUT2D eigenvalue weighted by atomic mass is 16.2. The fraction of sp³-hybridized carbons (Fsp3) is 0.467. The minimum atomic E-state index is -0.202. The van der Waals surface area contributed by atoms with E-state index in [-0.39, 0.29) is 11.9 Å². The third kappa shape index (κ3) is 3.14. The zero-order chi connectivity index (χ0) is 15.4. The fourth-order valence-electron chi connectivity index (χ4n) is 2.90. The van der Waals surface area contributed by atoms with Gasteiger partial charge in [0.15, 0.2) is 5.82 Å². The molecule has 22 heavy (non-hydrogen) atoms. The predicted octanol–water partition coefficient (Wildman–Crippen LogP) is 0.910. The zero-order valence-corrected chi connectivity index (χ0v) is 12.4. The van der Waals surface area contributed by atoms with Crippen LogP contribution in [0.25, 0.3) is 5.82 Å². The number of nitrogens with one attached hydrogen (secondary N) is 1. The van der Waals surface area contributed by atoms with Gasteiger partial charge in [-0.05, 0) is 31.4 Å². The molecule has 0 aromatic carbocycles. The Hall–Kier alpha value is -2.28. The lowest BCUT2D eigenvalue weighted by molar-refractivity contribution is 0.0902. The normalized spacial score (nSPS) is 21.5. The number of carbonyl (C=O) groups is 1. The third-order valence-electron chi connectivity index (χ3n) is 4.12. The molecule has 0 saturated heterocycles. The van der Waals surface area contributed by atoms with Gasteiger partial charge in [0, 0.05) is 18.4 Å². The molecule has 0 spiro atoms. The van der Waals surface area contributed by atoms with Gasteiger partial charge in [-0.3, -0.25) is 9.78 Å². The second kappa shape index (κ2) is 6.65. The van der Waals surface area contributed by atoms with Crippen molar-refractivity contribution in [1.82, 2.24) is 25.1 Å². The molecule has 3 rings (SSSR count). The molecular weight excluding hydrogens is 280 g/mol. The highest BCUT2D eigenvalue weighted by molar-refractivity contribution is 5.92. The van der Waals surface area contributed by atoms with Crippen molar-refractivity contribution in [2.45, 2.75) is 31.7 Å². The summed E-state index contributed by atoms with van der Waals surface area (Å²) >= 11 is 0. The number of rotatable bonds is 4. The van der Waals surface area contributed by atoms with Crippen LogP contribution < -0.4 is 11.1 Å². The molecule has 1 aliphatic carbocycles. The quantitative estimate of drug-likeness (QED) is 0.874. The van der Waals surface area contributed by atoms with Gasteiger partial charge < -0.3 is 11.1 Å². The van der Waals surface area contributed by atoms with E-state index in [0.29, 0.717) is 24.0 Å². The summed E-state index contributed by atoms with van der Waals surface area (Å²) in [6.45, 7) is 0.601. The molecule has 2 aromatic rings. The van der Waals surface area contributed by atoms with Crippen LogP contribution in [0.3, 0.4) is 0 Å². The Morgan fingerprint density at radius 3 is 3.00 bits per heavy atom. The lowest BCUT2D eigenvalue weighted by Gasteiger charge is -2.31. The number of hydrogen-bond donors (Lipinski definition) is 2. The molecule has 1 aliphatic rings. The van der Waals surface area contributed by atoms with Gasteiger partial charge in [0.2, 0.25) is 0 Å². The summed E-state index contributed by atoms with van der Waals surface area (Å²) in [5.74, 6) is 0.670. The Morgan fingerprint density at radius 1 is 1.36 bits per heavy atom. The van der Waals surface area contributed by atoms with E-state index in [1.807, 2.05) is 0 Å². The van der Waals surface area contributed by atoms with Crippen LogP contribution in [0.1, 0.15) is 36.2 Å². The summed E-state index contributed by atoms with van der Waals surface area (Å²) in [5, 5.41) is 7.15. The van der Waals surface area contributed by atoms with Gasteiger partial charge in [-0.2, -0.15) is 5.10 Å². The van der Waals surface area contributed by atoms with Gasteiger partial charge in [0.25, 0.3) is 5.91 Å². The summed E-state index contributed by atoms with van der Waals surface area (Å²) < 4.78 is 1.58. The van der Waals surface area contributed by atoms with Crippen molar-refractivity contribution in [3.8, 4) is 5.82 Å². The molecule has 2 aromatic heterocycles. The van der Waals surface area contributed by atoms with E-state index in [1.165, 1.54) is 12.6 Å². The largest absolute Gasteiger partial charge is 0.348 e. The van der Waals surface area contributed by atoms with Crippen molar-refractivity contribution in [3.05, 3.63) is 36.5 Å². The number of aromatic nitrogens is 4. The minimum Gasteiger partial charge on any atom is -0.348 e. The van der Waals surface area contributed by atoms with E-state index in [2.05, 4.69) is 20.4 Å². The Balaban J connectivity index is 1.73. The molecule has 1 amide bonds. The van der Waals surface area contributed by atoms with E-state index in [9.17, 15) is 4.79 Å². The van der Waals surface area contributed by atoms with Crippen LogP contribution in [0.15, 0.2) is 30.9 Å².